The molecule has 1 aliphatic rings. The zero-order chi connectivity index (χ0) is 18.4. The molecule has 3 heterocycles. The second kappa shape index (κ2) is 6.01. The molecule has 0 unspecified atom stereocenters. The minimum atomic E-state index is -0.115. The van der Waals surface area contributed by atoms with Gasteiger partial charge in [0.15, 0.2) is 0 Å². The smallest absolute Gasteiger partial charge is 0.270 e. The van der Waals surface area contributed by atoms with Crippen LogP contribution >= 0.6 is 0 Å². The number of H-pyrrole nitrogens is 1. The van der Waals surface area contributed by atoms with Crippen molar-refractivity contribution in [2.75, 3.05) is 25.5 Å². The Bertz CT molecular complexity index is 1060. The molecule has 2 aromatic heterocycles. The molecule has 4 rings (SSSR count). The number of hydrogen-bond acceptors (Lipinski definition) is 4. The third kappa shape index (κ3) is 2.56. The van der Waals surface area contributed by atoms with Gasteiger partial charge >= 0.3 is 0 Å². The molecule has 1 aliphatic heterocycles. The van der Waals surface area contributed by atoms with E-state index in [1.165, 1.54) is 0 Å². The molecule has 7 heteroatoms. The summed E-state index contributed by atoms with van der Waals surface area (Å²) in [5, 5.41) is 1.04. The van der Waals surface area contributed by atoms with Crippen molar-refractivity contribution in [2.45, 2.75) is 13.0 Å². The summed E-state index contributed by atoms with van der Waals surface area (Å²) >= 11 is 0. The van der Waals surface area contributed by atoms with E-state index in [-0.39, 0.29) is 11.5 Å². The zero-order valence-electron chi connectivity index (χ0n) is 15.1. The molecule has 1 amide bonds. The Balaban J connectivity index is 1.69. The van der Waals surface area contributed by atoms with E-state index in [2.05, 4.69) is 9.97 Å². The molecular formula is C19H21N5O2. The average molecular weight is 351 g/mol. The minimum Gasteiger partial charge on any atom is -0.348 e. The lowest BCUT2D eigenvalue weighted by molar-refractivity contribution is 0.0722. The number of aryl methyl sites for hydroxylation is 1. The van der Waals surface area contributed by atoms with Gasteiger partial charge in [0.05, 0.1) is 12.2 Å². The molecule has 134 valence electrons. The van der Waals surface area contributed by atoms with Crippen molar-refractivity contribution in [1.29, 1.82) is 0 Å². The normalized spacial score (nSPS) is 13.7. The number of carbonyl (C=O) groups is 1. The van der Waals surface area contributed by atoms with Crippen molar-refractivity contribution in [3.63, 3.8) is 0 Å². The number of carbonyl (C=O) groups excluding carboxylic acids is 1. The van der Waals surface area contributed by atoms with Crippen molar-refractivity contribution in [1.82, 2.24) is 19.4 Å². The molecule has 26 heavy (non-hydrogen) atoms. The Morgan fingerprint density at radius 1 is 1.27 bits per heavy atom. The standard InChI is InChI=1S/C19H21N5O2/c1-22(2)19-20-14-11-24(9-8-13(14)17(25)21-19)18(26)16-10-12-6-4-5-7-15(12)23(16)3/h4-7,10H,8-9,11H2,1-3H3,(H,20,21,25). The molecular weight excluding hydrogens is 330 g/mol. The number of amides is 1. The number of nitrogens with zero attached hydrogens (tertiary/aromatic N) is 4. The number of hydrogen-bond donors (Lipinski definition) is 1. The van der Waals surface area contributed by atoms with Crippen LogP contribution in [0.15, 0.2) is 35.1 Å². The number of anilines is 1. The molecule has 0 radical (unpaired) electrons. The lowest BCUT2D eigenvalue weighted by Crippen LogP contribution is -2.40. The van der Waals surface area contributed by atoms with Gasteiger partial charge in [-0.1, -0.05) is 18.2 Å². The van der Waals surface area contributed by atoms with Crippen LogP contribution in [0.2, 0.25) is 0 Å². The molecule has 1 aromatic carbocycles. The van der Waals surface area contributed by atoms with E-state index in [9.17, 15) is 9.59 Å². The van der Waals surface area contributed by atoms with E-state index in [4.69, 9.17) is 0 Å². The van der Waals surface area contributed by atoms with E-state index >= 15 is 0 Å². The van der Waals surface area contributed by atoms with Crippen LogP contribution in [0.1, 0.15) is 21.7 Å². The number of para-hydroxylation sites is 1. The highest BCUT2D eigenvalue weighted by molar-refractivity contribution is 5.98. The second-order valence-electron chi connectivity index (χ2n) is 6.83. The molecule has 0 bridgehead atoms. The molecule has 0 saturated carbocycles. The molecule has 0 aliphatic carbocycles. The van der Waals surface area contributed by atoms with Crippen molar-refractivity contribution >= 4 is 22.8 Å². The first-order valence-corrected chi connectivity index (χ1v) is 8.59. The first-order chi connectivity index (χ1) is 12.5. The third-order valence-electron chi connectivity index (χ3n) is 4.94. The van der Waals surface area contributed by atoms with Gasteiger partial charge in [-0.05, 0) is 18.6 Å². The monoisotopic (exact) mass is 351 g/mol. The fourth-order valence-electron chi connectivity index (χ4n) is 3.47. The predicted octanol–water partition coefficient (Wildman–Crippen LogP) is 1.53. The minimum absolute atomic E-state index is 0.0390. The summed E-state index contributed by atoms with van der Waals surface area (Å²) in [6, 6.07) is 9.85. The number of nitrogens with one attached hydrogen (secondary N) is 1. The molecule has 0 saturated heterocycles. The molecule has 0 fully saturated rings. The van der Waals surface area contributed by atoms with E-state index in [1.807, 2.05) is 56.0 Å². The summed E-state index contributed by atoms with van der Waals surface area (Å²) in [6.45, 7) is 0.861. The van der Waals surface area contributed by atoms with Gasteiger partial charge in [-0.3, -0.25) is 14.6 Å². The number of aromatic nitrogens is 3. The van der Waals surface area contributed by atoms with Crippen LogP contribution in [0.5, 0.6) is 0 Å². The van der Waals surface area contributed by atoms with Gasteiger partial charge in [-0.15, -0.1) is 0 Å². The average Bonchev–Trinajstić information content (AvgIpc) is 2.97. The SMILES string of the molecule is CN(C)c1nc2c(c(=O)[nH]1)CCN(C(=O)c1cc3ccccc3n1C)C2. The lowest BCUT2D eigenvalue weighted by atomic mass is 10.1. The topological polar surface area (TPSA) is 74.2 Å². The summed E-state index contributed by atoms with van der Waals surface area (Å²) < 4.78 is 1.92. The van der Waals surface area contributed by atoms with Gasteiger partial charge in [0.2, 0.25) is 5.95 Å². The molecule has 7 nitrogen and oxygen atoms in total. The molecule has 0 spiro atoms. The number of benzene rings is 1. The Morgan fingerprint density at radius 3 is 2.77 bits per heavy atom. The Labute approximate surface area is 150 Å². The molecule has 0 atom stereocenters. The summed E-state index contributed by atoms with van der Waals surface area (Å²) in [5.41, 5.74) is 2.91. The zero-order valence-corrected chi connectivity index (χ0v) is 15.1. The molecule has 1 N–H and O–H groups in total. The van der Waals surface area contributed by atoms with Crippen LogP contribution < -0.4 is 10.5 Å². The van der Waals surface area contributed by atoms with Crippen molar-refractivity contribution in [3.05, 3.63) is 57.6 Å². The van der Waals surface area contributed by atoms with Crippen molar-refractivity contribution < 1.29 is 4.79 Å². The summed E-state index contributed by atoms with van der Waals surface area (Å²) in [7, 11) is 5.55. The lowest BCUT2D eigenvalue weighted by Gasteiger charge is -2.28. The van der Waals surface area contributed by atoms with E-state index in [0.717, 1.165) is 10.9 Å². The van der Waals surface area contributed by atoms with Crippen LogP contribution in [-0.4, -0.2) is 46.0 Å². The van der Waals surface area contributed by atoms with Crippen LogP contribution in [0, 0.1) is 0 Å². The van der Waals surface area contributed by atoms with Gasteiger partial charge < -0.3 is 14.4 Å². The van der Waals surface area contributed by atoms with Gasteiger partial charge in [0.1, 0.15) is 5.69 Å². The van der Waals surface area contributed by atoms with Gasteiger partial charge in [-0.25, -0.2) is 4.98 Å². The van der Waals surface area contributed by atoms with Crippen LogP contribution in [0.4, 0.5) is 5.95 Å². The van der Waals surface area contributed by atoms with E-state index in [1.54, 1.807) is 9.80 Å². The fraction of sp³-hybridized carbons (Fsp3) is 0.316. The first kappa shape index (κ1) is 16.4. The third-order valence-corrected chi connectivity index (χ3v) is 4.94. The number of fused-ring (bicyclic) bond motifs is 2. The highest BCUT2D eigenvalue weighted by Crippen LogP contribution is 2.22. The summed E-state index contributed by atoms with van der Waals surface area (Å²) in [6.07, 6.45) is 0.515. The van der Waals surface area contributed by atoms with E-state index < -0.39 is 0 Å². The Hall–Kier alpha value is -3.09. The quantitative estimate of drug-likeness (QED) is 0.760. The van der Waals surface area contributed by atoms with Gasteiger partial charge in [0, 0.05) is 44.2 Å². The van der Waals surface area contributed by atoms with Gasteiger partial charge in [-0.2, -0.15) is 0 Å². The van der Waals surface area contributed by atoms with Crippen LogP contribution in [0.3, 0.4) is 0 Å². The van der Waals surface area contributed by atoms with Crippen LogP contribution in [-0.2, 0) is 20.0 Å². The predicted molar refractivity (Wildman–Crippen MR) is 101 cm³/mol. The highest BCUT2D eigenvalue weighted by atomic mass is 16.2. The number of aromatic amines is 1. The van der Waals surface area contributed by atoms with Crippen molar-refractivity contribution in [2.24, 2.45) is 7.05 Å². The first-order valence-electron chi connectivity index (χ1n) is 8.59. The van der Waals surface area contributed by atoms with E-state index in [0.29, 0.717) is 42.4 Å². The Kier molecular flexibility index (Phi) is 3.79. The Morgan fingerprint density at radius 2 is 2.04 bits per heavy atom. The maximum absolute atomic E-state index is 13.1. The highest BCUT2D eigenvalue weighted by Gasteiger charge is 2.27. The summed E-state index contributed by atoms with van der Waals surface area (Å²) in [5.74, 6) is 0.468. The van der Waals surface area contributed by atoms with Gasteiger partial charge in [0.25, 0.3) is 11.5 Å². The molecule has 3 aromatic rings. The summed E-state index contributed by atoms with van der Waals surface area (Å²) in [4.78, 5) is 36.2. The maximum Gasteiger partial charge on any atom is 0.270 e. The second-order valence-corrected chi connectivity index (χ2v) is 6.83. The maximum atomic E-state index is 13.1. The van der Waals surface area contributed by atoms with Crippen LogP contribution in [0.25, 0.3) is 10.9 Å². The fourth-order valence-corrected chi connectivity index (χ4v) is 3.47. The van der Waals surface area contributed by atoms with Crippen molar-refractivity contribution in [3.8, 4) is 0 Å². The largest absolute Gasteiger partial charge is 0.348 e. The number of rotatable bonds is 2.